The number of pyridine rings is 1. The van der Waals surface area contributed by atoms with Gasteiger partial charge in [-0.15, -0.1) is 11.8 Å². The summed E-state index contributed by atoms with van der Waals surface area (Å²) in [6.45, 7) is 0. The lowest BCUT2D eigenvalue weighted by atomic mass is 10.0. The van der Waals surface area contributed by atoms with E-state index >= 15 is 0 Å². The first-order chi connectivity index (χ1) is 15.0. The van der Waals surface area contributed by atoms with Gasteiger partial charge in [-0.05, 0) is 30.2 Å². The molecule has 10 nitrogen and oxygen atoms in total. The van der Waals surface area contributed by atoms with Gasteiger partial charge in [-0.25, -0.2) is 4.98 Å². The zero-order valence-electron chi connectivity index (χ0n) is 16.2. The minimum Gasteiger partial charge on any atom is -0.439 e. The number of aromatic nitrogens is 2. The SMILES string of the molecule is N#C[C@H]1CSCN1C(=O)[C@@H](N)Cc1c[nH]c2ccc(Oc3ccc([N+](=O)[O-])cn3)cc12. The molecule has 3 heterocycles. The van der Waals surface area contributed by atoms with Crippen LogP contribution in [0.2, 0.25) is 0 Å². The molecule has 11 heteroatoms. The van der Waals surface area contributed by atoms with Gasteiger partial charge in [0.1, 0.15) is 18.0 Å². The maximum Gasteiger partial charge on any atom is 0.287 e. The number of nitriles is 1. The number of thioether (sulfide) groups is 1. The third-order valence-electron chi connectivity index (χ3n) is 4.96. The molecule has 3 aromatic rings. The van der Waals surface area contributed by atoms with E-state index < -0.39 is 17.0 Å². The number of nitrogens with one attached hydrogen (secondary N) is 1. The van der Waals surface area contributed by atoms with E-state index in [9.17, 15) is 20.2 Å². The van der Waals surface area contributed by atoms with Gasteiger partial charge in [0, 0.05) is 35.0 Å². The predicted molar refractivity (Wildman–Crippen MR) is 115 cm³/mol. The van der Waals surface area contributed by atoms with Crippen LogP contribution in [-0.4, -0.2) is 49.4 Å². The van der Waals surface area contributed by atoms with Crippen molar-refractivity contribution in [1.82, 2.24) is 14.9 Å². The second-order valence-corrected chi connectivity index (χ2v) is 8.00. The summed E-state index contributed by atoms with van der Waals surface area (Å²) < 4.78 is 5.72. The number of nitrogens with two attached hydrogens (primary N) is 1. The first kappa shape index (κ1) is 20.6. The number of hydrogen-bond acceptors (Lipinski definition) is 8. The highest BCUT2D eigenvalue weighted by Gasteiger charge is 2.32. The number of rotatable bonds is 6. The van der Waals surface area contributed by atoms with Crippen molar-refractivity contribution in [1.29, 1.82) is 5.26 Å². The average molecular weight is 438 g/mol. The van der Waals surface area contributed by atoms with Crippen LogP contribution < -0.4 is 10.5 Å². The van der Waals surface area contributed by atoms with Crippen molar-refractivity contribution in [2.45, 2.75) is 18.5 Å². The van der Waals surface area contributed by atoms with Gasteiger partial charge in [-0.3, -0.25) is 14.9 Å². The summed E-state index contributed by atoms with van der Waals surface area (Å²) in [6, 6.07) is 9.04. The Bertz CT molecular complexity index is 1170. The van der Waals surface area contributed by atoms with Crippen molar-refractivity contribution in [3.8, 4) is 17.7 Å². The van der Waals surface area contributed by atoms with Gasteiger partial charge in [-0.1, -0.05) is 0 Å². The van der Waals surface area contributed by atoms with Crippen LogP contribution in [0.1, 0.15) is 5.56 Å². The maximum absolute atomic E-state index is 12.7. The van der Waals surface area contributed by atoms with Crippen molar-refractivity contribution in [3.63, 3.8) is 0 Å². The Morgan fingerprint density at radius 2 is 2.32 bits per heavy atom. The molecule has 2 aromatic heterocycles. The number of H-pyrrole nitrogens is 1. The Labute approximate surface area is 181 Å². The molecule has 1 aliphatic heterocycles. The Morgan fingerprint density at radius 1 is 1.48 bits per heavy atom. The van der Waals surface area contributed by atoms with Crippen LogP contribution in [0.3, 0.4) is 0 Å². The van der Waals surface area contributed by atoms with E-state index in [4.69, 9.17) is 10.5 Å². The maximum atomic E-state index is 12.7. The lowest BCUT2D eigenvalue weighted by Crippen LogP contribution is -2.47. The highest BCUT2D eigenvalue weighted by Crippen LogP contribution is 2.28. The molecule has 0 aliphatic carbocycles. The third-order valence-corrected chi connectivity index (χ3v) is 5.98. The van der Waals surface area contributed by atoms with E-state index in [1.165, 1.54) is 28.8 Å². The van der Waals surface area contributed by atoms with E-state index in [0.29, 0.717) is 23.8 Å². The Balaban J connectivity index is 1.51. The zero-order chi connectivity index (χ0) is 22.0. The number of nitrogens with zero attached hydrogens (tertiary/aromatic N) is 4. The molecule has 1 amide bonds. The van der Waals surface area contributed by atoms with Gasteiger partial charge >= 0.3 is 0 Å². The smallest absolute Gasteiger partial charge is 0.287 e. The fourth-order valence-corrected chi connectivity index (χ4v) is 4.44. The summed E-state index contributed by atoms with van der Waals surface area (Å²) in [4.78, 5) is 31.5. The van der Waals surface area contributed by atoms with Crippen LogP contribution in [-0.2, 0) is 11.2 Å². The van der Waals surface area contributed by atoms with Crippen LogP contribution in [0, 0.1) is 21.4 Å². The molecule has 0 unspecified atom stereocenters. The summed E-state index contributed by atoms with van der Waals surface area (Å²) >= 11 is 1.54. The van der Waals surface area contributed by atoms with Gasteiger partial charge in [0.15, 0.2) is 0 Å². The minimum atomic E-state index is -0.769. The van der Waals surface area contributed by atoms with Crippen molar-refractivity contribution in [2.75, 3.05) is 11.6 Å². The van der Waals surface area contributed by atoms with E-state index in [0.717, 1.165) is 22.7 Å². The molecular weight excluding hydrogens is 420 g/mol. The Kier molecular flexibility index (Phi) is 5.75. The first-order valence-electron chi connectivity index (χ1n) is 9.38. The number of hydrogen-bond donors (Lipinski definition) is 2. The molecular formula is C20H18N6O4S. The van der Waals surface area contributed by atoms with Crippen molar-refractivity contribution < 1.29 is 14.5 Å². The lowest BCUT2D eigenvalue weighted by molar-refractivity contribution is -0.385. The molecule has 1 aliphatic rings. The highest BCUT2D eigenvalue weighted by molar-refractivity contribution is 7.99. The molecule has 31 heavy (non-hydrogen) atoms. The van der Waals surface area contributed by atoms with E-state index in [2.05, 4.69) is 16.0 Å². The number of nitro groups is 1. The van der Waals surface area contributed by atoms with Gasteiger partial charge in [0.25, 0.3) is 5.69 Å². The summed E-state index contributed by atoms with van der Waals surface area (Å²) in [5.74, 6) is 1.55. The molecule has 0 saturated carbocycles. The van der Waals surface area contributed by atoms with Gasteiger partial charge < -0.3 is 20.4 Å². The zero-order valence-corrected chi connectivity index (χ0v) is 17.0. The van der Waals surface area contributed by atoms with E-state index in [1.54, 1.807) is 18.3 Å². The highest BCUT2D eigenvalue weighted by atomic mass is 32.2. The number of benzene rings is 1. The Morgan fingerprint density at radius 3 is 3.03 bits per heavy atom. The summed E-state index contributed by atoms with van der Waals surface area (Å²) in [7, 11) is 0. The van der Waals surface area contributed by atoms with E-state index in [1.807, 2.05) is 6.07 Å². The molecule has 1 aromatic carbocycles. The van der Waals surface area contributed by atoms with Crippen molar-refractivity contribution in [3.05, 3.63) is 58.4 Å². The first-order valence-corrected chi connectivity index (χ1v) is 10.5. The molecule has 1 fully saturated rings. The minimum absolute atomic E-state index is 0.121. The number of carbonyl (C=O) groups excluding carboxylic acids is 1. The average Bonchev–Trinajstić information content (AvgIpc) is 3.40. The quantitative estimate of drug-likeness (QED) is 0.440. The van der Waals surface area contributed by atoms with Crippen molar-refractivity contribution in [2.24, 2.45) is 5.73 Å². The molecule has 0 bridgehead atoms. The molecule has 158 valence electrons. The predicted octanol–water partition coefficient (Wildman–Crippen LogP) is 2.56. The van der Waals surface area contributed by atoms with Gasteiger partial charge in [0.2, 0.25) is 11.8 Å². The standard InChI is InChI=1S/C20H18N6O4S/c21-7-14-10-31-11-25(14)20(27)17(22)5-12-8-23-18-3-2-15(6-16(12)18)30-19-4-1-13(9-24-19)26(28)29/h1-4,6,8-9,14,17,23H,5,10-11,22H2/t14-,17-/m0/s1. The number of amides is 1. The third kappa shape index (κ3) is 4.30. The fraction of sp³-hybridized carbons (Fsp3) is 0.250. The second-order valence-electron chi connectivity index (χ2n) is 7.00. The van der Waals surface area contributed by atoms with Crippen molar-refractivity contribution >= 4 is 34.3 Å². The normalized spacial score (nSPS) is 16.8. The second kappa shape index (κ2) is 8.63. The topological polar surface area (TPSA) is 151 Å². The number of carbonyl (C=O) groups is 1. The van der Waals surface area contributed by atoms with Crippen LogP contribution in [0.25, 0.3) is 10.9 Å². The molecule has 1 saturated heterocycles. The van der Waals surface area contributed by atoms with Crippen LogP contribution >= 0.6 is 11.8 Å². The van der Waals surface area contributed by atoms with Crippen LogP contribution in [0.15, 0.2) is 42.7 Å². The van der Waals surface area contributed by atoms with Crippen LogP contribution in [0.4, 0.5) is 5.69 Å². The molecule has 3 N–H and O–H groups in total. The summed E-state index contributed by atoms with van der Waals surface area (Å²) in [6.07, 6.45) is 3.23. The summed E-state index contributed by atoms with van der Waals surface area (Å²) in [5, 5.41) is 20.8. The number of fused-ring (bicyclic) bond motifs is 1. The molecule has 0 radical (unpaired) electrons. The monoisotopic (exact) mass is 438 g/mol. The van der Waals surface area contributed by atoms with Gasteiger partial charge in [-0.2, -0.15) is 5.26 Å². The van der Waals surface area contributed by atoms with Gasteiger partial charge in [0.05, 0.1) is 22.9 Å². The largest absolute Gasteiger partial charge is 0.439 e. The Hall–Kier alpha value is -3.62. The number of aromatic amines is 1. The molecule has 2 atom stereocenters. The van der Waals surface area contributed by atoms with E-state index in [-0.39, 0.29) is 17.5 Å². The lowest BCUT2D eigenvalue weighted by Gasteiger charge is -2.22. The molecule has 0 spiro atoms. The van der Waals surface area contributed by atoms with Crippen LogP contribution in [0.5, 0.6) is 11.6 Å². The summed E-state index contributed by atoms with van der Waals surface area (Å²) in [5.41, 5.74) is 7.75. The fourth-order valence-electron chi connectivity index (χ4n) is 3.36. The molecule has 4 rings (SSSR count). The number of ether oxygens (including phenoxy) is 1.